The van der Waals surface area contributed by atoms with Gasteiger partial charge in [-0.2, -0.15) is 0 Å². The van der Waals surface area contributed by atoms with Crippen LogP contribution in [0.1, 0.15) is 12.5 Å². The molecule has 0 spiro atoms. The van der Waals surface area contributed by atoms with Gasteiger partial charge in [0.15, 0.2) is 0 Å². The first kappa shape index (κ1) is 12.9. The lowest BCUT2D eigenvalue weighted by Gasteiger charge is -2.08. The fourth-order valence-corrected chi connectivity index (χ4v) is 1.74. The molecule has 2 aromatic rings. The third-order valence-corrected chi connectivity index (χ3v) is 2.60. The van der Waals surface area contributed by atoms with Gasteiger partial charge in [-0.05, 0) is 24.2 Å². The topological polar surface area (TPSA) is 34.1 Å². The minimum atomic E-state index is 0.566. The van der Waals surface area contributed by atoms with Crippen LogP contribution >= 0.6 is 11.6 Å². The molecular formula is C14H15ClN2O. The van der Waals surface area contributed by atoms with E-state index in [1.165, 1.54) is 5.56 Å². The number of nitrogens with zero attached hydrogens (tertiary/aromatic N) is 1. The van der Waals surface area contributed by atoms with E-state index in [9.17, 15) is 0 Å². The Balaban J connectivity index is 2.09. The van der Waals surface area contributed by atoms with E-state index < -0.39 is 0 Å². The van der Waals surface area contributed by atoms with E-state index in [1.54, 1.807) is 18.5 Å². The van der Waals surface area contributed by atoms with Crippen molar-refractivity contribution in [3.63, 3.8) is 0 Å². The van der Waals surface area contributed by atoms with Gasteiger partial charge in [0.1, 0.15) is 11.5 Å². The van der Waals surface area contributed by atoms with Crippen molar-refractivity contribution in [3.05, 3.63) is 53.3 Å². The van der Waals surface area contributed by atoms with Crippen LogP contribution in [0.4, 0.5) is 0 Å². The van der Waals surface area contributed by atoms with Crippen molar-refractivity contribution in [1.82, 2.24) is 10.3 Å². The molecule has 18 heavy (non-hydrogen) atoms. The first-order valence-corrected chi connectivity index (χ1v) is 6.24. The van der Waals surface area contributed by atoms with E-state index in [2.05, 4.69) is 23.3 Å². The highest BCUT2D eigenvalue weighted by Crippen LogP contribution is 2.23. The number of hydrogen-bond acceptors (Lipinski definition) is 3. The number of benzene rings is 1. The molecule has 0 aliphatic carbocycles. The lowest BCUT2D eigenvalue weighted by atomic mass is 10.2. The van der Waals surface area contributed by atoms with Crippen LogP contribution in [0.2, 0.25) is 5.02 Å². The van der Waals surface area contributed by atoms with Crippen molar-refractivity contribution < 1.29 is 4.74 Å². The van der Waals surface area contributed by atoms with Gasteiger partial charge in [-0.3, -0.25) is 4.98 Å². The van der Waals surface area contributed by atoms with Gasteiger partial charge in [0.25, 0.3) is 0 Å². The largest absolute Gasteiger partial charge is 0.456 e. The summed E-state index contributed by atoms with van der Waals surface area (Å²) in [6, 6.07) is 9.69. The summed E-state index contributed by atoms with van der Waals surface area (Å²) in [5.41, 5.74) is 1.18. The monoisotopic (exact) mass is 262 g/mol. The Morgan fingerprint density at radius 1 is 1.22 bits per heavy atom. The third-order valence-electron chi connectivity index (χ3n) is 2.39. The van der Waals surface area contributed by atoms with E-state index in [-0.39, 0.29) is 0 Å². The molecule has 3 nitrogen and oxygen atoms in total. The molecule has 0 saturated heterocycles. The van der Waals surface area contributed by atoms with Crippen molar-refractivity contribution in [2.45, 2.75) is 13.5 Å². The van der Waals surface area contributed by atoms with Gasteiger partial charge >= 0.3 is 0 Å². The predicted molar refractivity (Wildman–Crippen MR) is 73.1 cm³/mol. The molecule has 0 aliphatic rings. The maximum Gasteiger partial charge on any atom is 0.147 e. The van der Waals surface area contributed by atoms with Crippen LogP contribution < -0.4 is 10.1 Å². The molecule has 0 unspecified atom stereocenters. The Morgan fingerprint density at radius 2 is 2.11 bits per heavy atom. The highest BCUT2D eigenvalue weighted by atomic mass is 35.5. The molecule has 0 bridgehead atoms. The Hall–Kier alpha value is -1.58. The molecule has 2 rings (SSSR count). The van der Waals surface area contributed by atoms with Crippen molar-refractivity contribution in [1.29, 1.82) is 0 Å². The average Bonchev–Trinajstić information content (AvgIpc) is 2.37. The quantitative estimate of drug-likeness (QED) is 0.893. The molecule has 0 saturated carbocycles. The standard InChI is InChI=1S/C14H15ClN2O/c1-2-16-8-11-4-3-5-13(6-11)18-14-7-12(15)9-17-10-14/h3-7,9-10,16H,2,8H2,1H3. The van der Waals surface area contributed by atoms with Crippen molar-refractivity contribution in [2.75, 3.05) is 6.54 Å². The zero-order chi connectivity index (χ0) is 12.8. The molecule has 4 heteroatoms. The van der Waals surface area contributed by atoms with E-state index in [1.807, 2.05) is 18.2 Å². The molecule has 0 atom stereocenters. The first-order valence-electron chi connectivity index (χ1n) is 5.86. The van der Waals surface area contributed by atoms with Gasteiger partial charge in [-0.25, -0.2) is 0 Å². The van der Waals surface area contributed by atoms with Gasteiger partial charge in [-0.1, -0.05) is 30.7 Å². The van der Waals surface area contributed by atoms with Gasteiger partial charge in [0.05, 0.1) is 11.2 Å². The predicted octanol–water partition coefficient (Wildman–Crippen LogP) is 3.64. The Kier molecular flexibility index (Phi) is 4.56. The molecule has 1 heterocycles. The van der Waals surface area contributed by atoms with Crippen molar-refractivity contribution in [2.24, 2.45) is 0 Å². The Morgan fingerprint density at radius 3 is 2.89 bits per heavy atom. The number of hydrogen-bond donors (Lipinski definition) is 1. The first-order chi connectivity index (χ1) is 8.78. The molecular weight excluding hydrogens is 248 g/mol. The molecule has 1 N–H and O–H groups in total. The lowest BCUT2D eigenvalue weighted by molar-refractivity contribution is 0.479. The van der Waals surface area contributed by atoms with E-state index in [0.717, 1.165) is 18.8 Å². The van der Waals surface area contributed by atoms with Gasteiger partial charge < -0.3 is 10.1 Å². The molecule has 0 fully saturated rings. The highest BCUT2D eigenvalue weighted by Gasteiger charge is 2.00. The molecule has 1 aromatic heterocycles. The smallest absolute Gasteiger partial charge is 0.147 e. The second kappa shape index (κ2) is 6.38. The van der Waals surface area contributed by atoms with Crippen LogP contribution in [-0.4, -0.2) is 11.5 Å². The number of aromatic nitrogens is 1. The second-order valence-corrected chi connectivity index (χ2v) is 4.31. The van der Waals surface area contributed by atoms with Crippen LogP contribution in [0.15, 0.2) is 42.7 Å². The second-order valence-electron chi connectivity index (χ2n) is 3.87. The average molecular weight is 263 g/mol. The minimum absolute atomic E-state index is 0.566. The van der Waals surface area contributed by atoms with E-state index in [0.29, 0.717) is 10.8 Å². The summed E-state index contributed by atoms with van der Waals surface area (Å²) in [7, 11) is 0. The summed E-state index contributed by atoms with van der Waals surface area (Å²) < 4.78 is 5.71. The van der Waals surface area contributed by atoms with Crippen LogP contribution in [0.5, 0.6) is 11.5 Å². The SMILES string of the molecule is CCNCc1cccc(Oc2cncc(Cl)c2)c1. The van der Waals surface area contributed by atoms with Crippen molar-refractivity contribution >= 4 is 11.6 Å². The summed E-state index contributed by atoms with van der Waals surface area (Å²) in [5.74, 6) is 1.43. The van der Waals surface area contributed by atoms with Gasteiger partial charge in [0.2, 0.25) is 0 Å². The highest BCUT2D eigenvalue weighted by molar-refractivity contribution is 6.30. The maximum atomic E-state index is 5.86. The number of pyridine rings is 1. The minimum Gasteiger partial charge on any atom is -0.456 e. The van der Waals surface area contributed by atoms with Crippen LogP contribution in [0.3, 0.4) is 0 Å². The molecule has 0 aliphatic heterocycles. The summed E-state index contributed by atoms with van der Waals surface area (Å²) in [6.45, 7) is 3.86. The molecule has 94 valence electrons. The zero-order valence-electron chi connectivity index (χ0n) is 10.2. The van der Waals surface area contributed by atoms with E-state index in [4.69, 9.17) is 16.3 Å². The molecule has 0 radical (unpaired) electrons. The maximum absolute atomic E-state index is 5.86. The van der Waals surface area contributed by atoms with Gasteiger partial charge in [0, 0.05) is 18.8 Å². The number of ether oxygens (including phenoxy) is 1. The van der Waals surface area contributed by atoms with Crippen LogP contribution in [0, 0.1) is 0 Å². The summed E-state index contributed by atoms with van der Waals surface area (Å²) >= 11 is 5.86. The lowest BCUT2D eigenvalue weighted by Crippen LogP contribution is -2.11. The molecule has 0 amide bonds. The normalized spacial score (nSPS) is 10.3. The summed E-state index contributed by atoms with van der Waals surface area (Å²) in [6.07, 6.45) is 3.22. The fraction of sp³-hybridized carbons (Fsp3) is 0.214. The number of nitrogens with one attached hydrogen (secondary N) is 1. The fourth-order valence-electron chi connectivity index (χ4n) is 1.57. The van der Waals surface area contributed by atoms with Crippen LogP contribution in [-0.2, 0) is 6.54 Å². The Bertz CT molecular complexity index is 517. The summed E-state index contributed by atoms with van der Waals surface area (Å²) in [5, 5.41) is 3.84. The Labute approximate surface area is 112 Å². The number of rotatable bonds is 5. The number of halogens is 1. The van der Waals surface area contributed by atoms with Crippen molar-refractivity contribution in [3.8, 4) is 11.5 Å². The molecule has 1 aromatic carbocycles. The van der Waals surface area contributed by atoms with Crippen LogP contribution in [0.25, 0.3) is 0 Å². The third kappa shape index (κ3) is 3.72. The zero-order valence-corrected chi connectivity index (χ0v) is 10.9. The van der Waals surface area contributed by atoms with E-state index >= 15 is 0 Å². The van der Waals surface area contributed by atoms with Gasteiger partial charge in [-0.15, -0.1) is 0 Å². The summed E-state index contributed by atoms with van der Waals surface area (Å²) in [4.78, 5) is 3.98.